The molecule has 0 aliphatic heterocycles. The SMILES string of the molecule is CS(=O)(=O)c1cccc(Nc2nccc(Nc3cccc(N)c3O)n2)c1.CS(=O)(=O)c1cccc(Nc2nccc(Nc3cccc4ncoc34)n2)c1. The Hall–Kier alpha value is -6.79. The van der Waals surface area contributed by atoms with Crippen molar-refractivity contribution in [3.05, 3.63) is 116 Å². The first-order chi connectivity index (χ1) is 25.3. The van der Waals surface area contributed by atoms with Gasteiger partial charge < -0.3 is 36.5 Å². The second kappa shape index (κ2) is 15.2. The normalized spacial score (nSPS) is 11.3. The molecule has 0 fully saturated rings. The molecule has 0 bridgehead atoms. The van der Waals surface area contributed by atoms with Crippen LogP contribution in [0.25, 0.3) is 11.1 Å². The number of fused-ring (bicyclic) bond motifs is 1. The number of aromatic hydroxyl groups is 1. The van der Waals surface area contributed by atoms with Gasteiger partial charge in [0.1, 0.15) is 17.2 Å². The van der Waals surface area contributed by atoms with Crippen molar-refractivity contribution in [2.24, 2.45) is 0 Å². The summed E-state index contributed by atoms with van der Waals surface area (Å²) in [5.41, 5.74) is 9.55. The van der Waals surface area contributed by atoms with Crippen LogP contribution in [0.5, 0.6) is 5.75 Å². The van der Waals surface area contributed by atoms with Crippen molar-refractivity contribution in [1.82, 2.24) is 24.9 Å². The number of nitrogen functional groups attached to an aromatic ring is 1. The molecule has 0 aliphatic carbocycles. The number of hydrogen-bond acceptors (Lipinski definition) is 16. The highest BCUT2D eigenvalue weighted by Crippen LogP contribution is 2.31. The monoisotopic (exact) mass is 752 g/mol. The number of benzene rings is 4. The molecule has 7 aromatic rings. The predicted octanol–water partition coefficient (Wildman–Crippen LogP) is 6.16. The highest BCUT2D eigenvalue weighted by Gasteiger charge is 2.11. The lowest BCUT2D eigenvalue weighted by Gasteiger charge is -2.11. The number of aromatic nitrogens is 5. The summed E-state index contributed by atoms with van der Waals surface area (Å²) in [6, 6.07) is 26.7. The van der Waals surface area contributed by atoms with E-state index in [-0.39, 0.29) is 27.2 Å². The molecule has 0 saturated carbocycles. The van der Waals surface area contributed by atoms with E-state index in [9.17, 15) is 21.9 Å². The number of hydrogen-bond donors (Lipinski definition) is 6. The van der Waals surface area contributed by atoms with E-state index in [0.717, 1.165) is 23.7 Å². The zero-order valence-electron chi connectivity index (χ0n) is 28.1. The fraction of sp³-hybridized carbons (Fsp3) is 0.0571. The molecule has 0 unspecified atom stereocenters. The number of rotatable bonds is 10. The van der Waals surface area contributed by atoms with Crippen LogP contribution in [0, 0.1) is 0 Å². The Morgan fingerprint density at radius 1 is 0.623 bits per heavy atom. The van der Waals surface area contributed by atoms with E-state index < -0.39 is 19.7 Å². The van der Waals surface area contributed by atoms with Crippen LogP contribution >= 0.6 is 0 Å². The number of nitrogens with one attached hydrogen (secondary N) is 4. The third-order valence-corrected chi connectivity index (χ3v) is 9.52. The van der Waals surface area contributed by atoms with Gasteiger partial charge in [-0.2, -0.15) is 9.97 Å². The first-order valence-electron chi connectivity index (χ1n) is 15.6. The average Bonchev–Trinajstić information content (AvgIpc) is 3.61. The van der Waals surface area contributed by atoms with E-state index in [1.807, 2.05) is 18.2 Å². The Bertz CT molecular complexity index is 2640. The summed E-state index contributed by atoms with van der Waals surface area (Å²) in [6.07, 6.45) is 6.82. The minimum atomic E-state index is -3.31. The number of para-hydroxylation sites is 2. The van der Waals surface area contributed by atoms with Gasteiger partial charge in [-0.1, -0.05) is 24.3 Å². The highest BCUT2D eigenvalue weighted by molar-refractivity contribution is 7.91. The molecule has 270 valence electrons. The Morgan fingerprint density at radius 3 is 1.70 bits per heavy atom. The van der Waals surface area contributed by atoms with Gasteiger partial charge in [-0.15, -0.1) is 0 Å². The molecule has 7 rings (SSSR count). The standard InChI is InChI=1S/C18H15N5O3S.C17H17N5O3S/c1-27(24,25)13-5-2-4-12(10-13)21-18-19-9-8-16(23-18)22-15-7-3-6-14-17(15)26-11-20-14;1-26(24,25)12-5-2-4-11(10-12)20-17-19-9-8-15(22-17)21-14-7-3-6-13(18)16(14)23/h2-11H,1H3,(H2,19,21,22,23);2-10,23H,18H2,1H3,(H2,19,20,21,22). The van der Waals surface area contributed by atoms with Crippen molar-refractivity contribution >= 4 is 82.7 Å². The van der Waals surface area contributed by atoms with E-state index in [2.05, 4.69) is 46.2 Å². The van der Waals surface area contributed by atoms with Crippen molar-refractivity contribution in [3.63, 3.8) is 0 Å². The van der Waals surface area contributed by atoms with Crippen molar-refractivity contribution in [2.75, 3.05) is 39.5 Å². The molecule has 0 radical (unpaired) electrons. The third kappa shape index (κ3) is 9.31. The van der Waals surface area contributed by atoms with Gasteiger partial charge in [0.25, 0.3) is 0 Å². The van der Waals surface area contributed by atoms with Gasteiger partial charge in [-0.25, -0.2) is 31.8 Å². The van der Waals surface area contributed by atoms with Crippen molar-refractivity contribution in [2.45, 2.75) is 9.79 Å². The van der Waals surface area contributed by atoms with Crippen LogP contribution in [0.4, 0.5) is 52.0 Å². The van der Waals surface area contributed by atoms with Crippen LogP contribution in [0.2, 0.25) is 0 Å². The number of phenols is 1. The fourth-order valence-corrected chi connectivity index (χ4v) is 6.10. The van der Waals surface area contributed by atoms with E-state index >= 15 is 0 Å². The van der Waals surface area contributed by atoms with Crippen LogP contribution in [0.15, 0.2) is 130 Å². The molecule has 18 heteroatoms. The number of nitrogens with two attached hydrogens (primary N) is 1. The lowest BCUT2D eigenvalue weighted by molar-refractivity contribution is 0.480. The summed E-state index contributed by atoms with van der Waals surface area (Å²) in [6.45, 7) is 0. The maximum Gasteiger partial charge on any atom is 0.229 e. The van der Waals surface area contributed by atoms with Gasteiger partial charge in [0.05, 0.1) is 26.9 Å². The maximum absolute atomic E-state index is 11.7. The Kier molecular flexibility index (Phi) is 10.3. The summed E-state index contributed by atoms with van der Waals surface area (Å²) < 4.78 is 52.1. The van der Waals surface area contributed by atoms with Crippen LogP contribution in [0.1, 0.15) is 0 Å². The van der Waals surface area contributed by atoms with Gasteiger partial charge in [-0.3, -0.25) is 0 Å². The molecule has 7 N–H and O–H groups in total. The molecule has 16 nitrogen and oxygen atoms in total. The highest BCUT2D eigenvalue weighted by atomic mass is 32.2. The van der Waals surface area contributed by atoms with E-state index in [4.69, 9.17) is 10.2 Å². The zero-order valence-corrected chi connectivity index (χ0v) is 29.7. The zero-order chi connectivity index (χ0) is 37.6. The molecule has 3 heterocycles. The van der Waals surface area contributed by atoms with Gasteiger partial charge in [0, 0.05) is 36.3 Å². The number of sulfone groups is 2. The predicted molar refractivity (Wildman–Crippen MR) is 203 cm³/mol. The van der Waals surface area contributed by atoms with E-state index in [1.54, 1.807) is 60.8 Å². The smallest absolute Gasteiger partial charge is 0.229 e. The van der Waals surface area contributed by atoms with Gasteiger partial charge >= 0.3 is 0 Å². The van der Waals surface area contributed by atoms with Crippen LogP contribution in [0.3, 0.4) is 0 Å². The molecular formula is C35H32N10O6S2. The molecule has 0 atom stereocenters. The average molecular weight is 753 g/mol. The van der Waals surface area contributed by atoms with E-state index in [0.29, 0.717) is 40.2 Å². The van der Waals surface area contributed by atoms with Gasteiger partial charge in [-0.05, 0) is 72.8 Å². The molecule has 4 aromatic carbocycles. The van der Waals surface area contributed by atoms with Gasteiger partial charge in [0.2, 0.25) is 11.9 Å². The minimum Gasteiger partial charge on any atom is -0.504 e. The van der Waals surface area contributed by atoms with Crippen LogP contribution in [-0.2, 0) is 19.7 Å². The Balaban J connectivity index is 0.000000182. The third-order valence-electron chi connectivity index (χ3n) is 7.30. The largest absolute Gasteiger partial charge is 0.504 e. The second-order valence-corrected chi connectivity index (χ2v) is 15.4. The lowest BCUT2D eigenvalue weighted by atomic mass is 10.2. The molecule has 0 aliphatic rings. The summed E-state index contributed by atoms with van der Waals surface area (Å²) in [5.74, 6) is 1.51. The van der Waals surface area contributed by atoms with Crippen molar-refractivity contribution in [1.29, 1.82) is 0 Å². The van der Waals surface area contributed by atoms with Crippen LogP contribution < -0.4 is 27.0 Å². The maximum atomic E-state index is 11.7. The summed E-state index contributed by atoms with van der Waals surface area (Å²) in [4.78, 5) is 21.5. The lowest BCUT2D eigenvalue weighted by Crippen LogP contribution is -2.02. The first-order valence-corrected chi connectivity index (χ1v) is 19.3. The number of phenolic OH excluding ortho intramolecular Hbond substituents is 1. The summed E-state index contributed by atoms with van der Waals surface area (Å²) in [5, 5.41) is 22.1. The topological polar surface area (TPSA) is 240 Å². The second-order valence-electron chi connectivity index (χ2n) is 11.4. The molecule has 0 amide bonds. The summed E-state index contributed by atoms with van der Waals surface area (Å²) >= 11 is 0. The number of nitrogens with zero attached hydrogens (tertiary/aromatic N) is 5. The minimum absolute atomic E-state index is 0.0681. The molecule has 3 aromatic heterocycles. The molecule has 53 heavy (non-hydrogen) atoms. The fourth-order valence-electron chi connectivity index (χ4n) is 4.77. The van der Waals surface area contributed by atoms with Crippen molar-refractivity contribution < 1.29 is 26.4 Å². The van der Waals surface area contributed by atoms with E-state index in [1.165, 1.54) is 36.9 Å². The van der Waals surface area contributed by atoms with Crippen LogP contribution in [-0.4, -0.2) is 59.4 Å². The molecule has 0 spiro atoms. The Labute approximate surface area is 304 Å². The van der Waals surface area contributed by atoms with Gasteiger partial charge in [0.15, 0.2) is 37.4 Å². The number of oxazole rings is 1. The number of anilines is 9. The Morgan fingerprint density at radius 2 is 1.13 bits per heavy atom. The van der Waals surface area contributed by atoms with Crippen molar-refractivity contribution in [3.8, 4) is 5.75 Å². The molecule has 0 saturated heterocycles. The quantitative estimate of drug-likeness (QED) is 0.0677. The first kappa shape index (κ1) is 36.0. The summed E-state index contributed by atoms with van der Waals surface area (Å²) in [7, 11) is -6.60. The molecular weight excluding hydrogens is 721 g/mol.